The first-order valence-electron chi connectivity index (χ1n) is 6.51. The van der Waals surface area contributed by atoms with E-state index in [0.29, 0.717) is 12.3 Å². The lowest BCUT2D eigenvalue weighted by molar-refractivity contribution is 0.166. The molecule has 2 aromatic rings. The molecule has 0 unspecified atom stereocenters. The van der Waals surface area contributed by atoms with Gasteiger partial charge in [0.2, 0.25) is 5.13 Å². The van der Waals surface area contributed by atoms with Crippen molar-refractivity contribution in [3.05, 3.63) is 40.4 Å². The fourth-order valence-electron chi connectivity index (χ4n) is 2.41. The molecule has 1 aromatic heterocycles. The Balaban J connectivity index is 1.83. The normalized spacial score (nSPS) is 21.7. The molecule has 2 atom stereocenters. The highest BCUT2D eigenvalue weighted by molar-refractivity contribution is 7.15. The van der Waals surface area contributed by atoms with E-state index in [2.05, 4.69) is 41.5 Å². The Morgan fingerprint density at radius 3 is 2.84 bits per heavy atom. The van der Waals surface area contributed by atoms with E-state index in [1.807, 2.05) is 12.1 Å². The van der Waals surface area contributed by atoms with Gasteiger partial charge in [0.1, 0.15) is 5.01 Å². The number of anilines is 1. The molecule has 1 aromatic carbocycles. The molecule has 4 nitrogen and oxygen atoms in total. The summed E-state index contributed by atoms with van der Waals surface area (Å²) >= 11 is 1.56. The van der Waals surface area contributed by atoms with Gasteiger partial charge in [0.05, 0.1) is 12.1 Å². The van der Waals surface area contributed by atoms with Gasteiger partial charge >= 0.3 is 0 Å². The van der Waals surface area contributed by atoms with E-state index >= 15 is 0 Å². The van der Waals surface area contributed by atoms with Gasteiger partial charge in [-0.2, -0.15) is 0 Å². The highest BCUT2D eigenvalue weighted by Gasteiger charge is 2.31. The third-order valence-electron chi connectivity index (χ3n) is 3.42. The number of fused-ring (bicyclic) bond motifs is 1. The van der Waals surface area contributed by atoms with E-state index in [9.17, 15) is 5.11 Å². The topological polar surface area (TPSA) is 58.0 Å². The zero-order chi connectivity index (χ0) is 13.4. The monoisotopic (exact) mass is 275 g/mol. The minimum absolute atomic E-state index is 0.0795. The van der Waals surface area contributed by atoms with E-state index in [0.717, 1.165) is 15.7 Å². The first kappa shape index (κ1) is 12.6. The molecule has 1 heterocycles. The van der Waals surface area contributed by atoms with Crippen molar-refractivity contribution >= 4 is 16.5 Å². The van der Waals surface area contributed by atoms with Gasteiger partial charge in [0.15, 0.2) is 0 Å². The zero-order valence-electron chi connectivity index (χ0n) is 11.0. The summed E-state index contributed by atoms with van der Waals surface area (Å²) in [6, 6.07) is 8.07. The zero-order valence-corrected chi connectivity index (χ0v) is 11.8. The van der Waals surface area contributed by atoms with Crippen LogP contribution < -0.4 is 5.32 Å². The molecule has 19 heavy (non-hydrogen) atoms. The lowest BCUT2D eigenvalue weighted by atomic mass is 10.1. The predicted molar refractivity (Wildman–Crippen MR) is 76.5 cm³/mol. The lowest BCUT2D eigenvalue weighted by Crippen LogP contribution is -2.21. The molecule has 3 rings (SSSR count). The molecule has 5 heteroatoms. The maximum absolute atomic E-state index is 10.2. The largest absolute Gasteiger partial charge is 0.390 e. The standard InChI is InChI=1S/C14H17N3OS/c1-8(2)13-16-17-14(19-13)15-12-10-6-4-3-5-9(10)7-11(12)18/h3-6,8,11-12,18H,7H2,1-2H3,(H,15,17)/t11-,12+/m1/s1. The molecule has 1 aliphatic carbocycles. The number of aliphatic hydroxyl groups excluding tert-OH is 1. The molecule has 0 aliphatic heterocycles. The maximum atomic E-state index is 10.2. The van der Waals surface area contributed by atoms with Crippen LogP contribution in [0.4, 0.5) is 5.13 Å². The molecule has 0 bridgehead atoms. The van der Waals surface area contributed by atoms with Crippen LogP contribution in [0.15, 0.2) is 24.3 Å². The number of nitrogens with zero attached hydrogens (tertiary/aromatic N) is 2. The maximum Gasteiger partial charge on any atom is 0.206 e. The van der Waals surface area contributed by atoms with Gasteiger partial charge in [-0.3, -0.25) is 0 Å². The molecule has 100 valence electrons. The summed E-state index contributed by atoms with van der Waals surface area (Å²) in [6.45, 7) is 4.20. The van der Waals surface area contributed by atoms with Crippen LogP contribution >= 0.6 is 11.3 Å². The molecule has 0 fully saturated rings. The van der Waals surface area contributed by atoms with Gasteiger partial charge in [-0.25, -0.2) is 0 Å². The number of hydrogen-bond donors (Lipinski definition) is 2. The van der Waals surface area contributed by atoms with E-state index in [4.69, 9.17) is 0 Å². The van der Waals surface area contributed by atoms with Crippen LogP contribution in [-0.4, -0.2) is 21.4 Å². The molecule has 2 N–H and O–H groups in total. The Labute approximate surface area is 116 Å². The number of aliphatic hydroxyl groups is 1. The van der Waals surface area contributed by atoms with Crippen molar-refractivity contribution < 1.29 is 5.11 Å². The van der Waals surface area contributed by atoms with Crippen LogP contribution in [0.1, 0.15) is 41.9 Å². The average molecular weight is 275 g/mol. The molecular weight excluding hydrogens is 258 g/mol. The second-order valence-electron chi connectivity index (χ2n) is 5.19. The number of benzene rings is 1. The van der Waals surface area contributed by atoms with Crippen molar-refractivity contribution in [1.82, 2.24) is 10.2 Å². The average Bonchev–Trinajstić information content (AvgIpc) is 2.96. The van der Waals surface area contributed by atoms with Crippen molar-refractivity contribution in [3.63, 3.8) is 0 Å². The molecule has 0 saturated heterocycles. The SMILES string of the molecule is CC(C)c1nnc(N[C@H]2c3ccccc3C[C@H]2O)s1. The summed E-state index contributed by atoms with van der Waals surface area (Å²) in [5.41, 5.74) is 2.37. The fourth-order valence-corrected chi connectivity index (χ4v) is 3.19. The Morgan fingerprint density at radius 2 is 2.11 bits per heavy atom. The molecule has 0 saturated carbocycles. The molecule has 0 amide bonds. The number of nitrogens with one attached hydrogen (secondary N) is 1. The Hall–Kier alpha value is -1.46. The number of aromatic nitrogens is 2. The van der Waals surface area contributed by atoms with E-state index in [1.165, 1.54) is 5.56 Å². The first-order valence-corrected chi connectivity index (χ1v) is 7.32. The van der Waals surface area contributed by atoms with Crippen molar-refractivity contribution in [2.24, 2.45) is 0 Å². The van der Waals surface area contributed by atoms with Crippen LogP contribution in [0.3, 0.4) is 0 Å². The second-order valence-corrected chi connectivity index (χ2v) is 6.20. The first-order chi connectivity index (χ1) is 9.15. The summed E-state index contributed by atoms with van der Waals surface area (Å²) in [5, 5.41) is 23.6. The summed E-state index contributed by atoms with van der Waals surface area (Å²) in [6.07, 6.45) is 0.299. The number of rotatable bonds is 3. The molecule has 1 aliphatic rings. The minimum Gasteiger partial charge on any atom is -0.390 e. The van der Waals surface area contributed by atoms with Gasteiger partial charge < -0.3 is 10.4 Å². The summed E-state index contributed by atoms with van der Waals surface area (Å²) < 4.78 is 0. The van der Waals surface area contributed by atoms with Crippen LogP contribution in [0, 0.1) is 0 Å². The number of hydrogen-bond acceptors (Lipinski definition) is 5. The van der Waals surface area contributed by atoms with Crippen LogP contribution in [0.5, 0.6) is 0 Å². The highest BCUT2D eigenvalue weighted by atomic mass is 32.1. The second kappa shape index (κ2) is 4.90. The summed E-state index contributed by atoms with van der Waals surface area (Å²) in [7, 11) is 0. The minimum atomic E-state index is -0.399. The third kappa shape index (κ3) is 2.35. The van der Waals surface area contributed by atoms with Crippen LogP contribution in [-0.2, 0) is 6.42 Å². The van der Waals surface area contributed by atoms with Gasteiger partial charge in [-0.15, -0.1) is 10.2 Å². The third-order valence-corrected chi connectivity index (χ3v) is 4.57. The summed E-state index contributed by atoms with van der Waals surface area (Å²) in [4.78, 5) is 0. The van der Waals surface area contributed by atoms with Crippen LogP contribution in [0.2, 0.25) is 0 Å². The Bertz CT molecular complexity index is 582. The Morgan fingerprint density at radius 1 is 1.32 bits per heavy atom. The highest BCUT2D eigenvalue weighted by Crippen LogP contribution is 2.35. The van der Waals surface area contributed by atoms with Gasteiger partial charge in [-0.1, -0.05) is 49.4 Å². The van der Waals surface area contributed by atoms with Crippen LogP contribution in [0.25, 0.3) is 0 Å². The smallest absolute Gasteiger partial charge is 0.206 e. The molecular formula is C14H17N3OS. The predicted octanol–water partition coefficient (Wildman–Crippen LogP) is 2.73. The van der Waals surface area contributed by atoms with E-state index < -0.39 is 6.10 Å². The molecule has 0 spiro atoms. The Kier molecular flexibility index (Phi) is 3.24. The van der Waals surface area contributed by atoms with E-state index in [1.54, 1.807) is 11.3 Å². The lowest BCUT2D eigenvalue weighted by Gasteiger charge is -2.16. The van der Waals surface area contributed by atoms with Crippen molar-refractivity contribution in [2.75, 3.05) is 5.32 Å². The quantitative estimate of drug-likeness (QED) is 0.904. The summed E-state index contributed by atoms with van der Waals surface area (Å²) in [5.74, 6) is 0.383. The van der Waals surface area contributed by atoms with Crippen molar-refractivity contribution in [3.8, 4) is 0 Å². The van der Waals surface area contributed by atoms with Gasteiger partial charge in [-0.05, 0) is 11.1 Å². The van der Waals surface area contributed by atoms with Gasteiger partial charge in [0, 0.05) is 12.3 Å². The van der Waals surface area contributed by atoms with Gasteiger partial charge in [0.25, 0.3) is 0 Å². The van der Waals surface area contributed by atoms with E-state index in [-0.39, 0.29) is 6.04 Å². The van der Waals surface area contributed by atoms with Crippen molar-refractivity contribution in [2.45, 2.75) is 38.3 Å². The fraction of sp³-hybridized carbons (Fsp3) is 0.429. The molecule has 0 radical (unpaired) electrons. The van der Waals surface area contributed by atoms with Crippen molar-refractivity contribution in [1.29, 1.82) is 0 Å².